The fraction of sp³-hybridized carbons (Fsp3) is 0.286. The summed E-state index contributed by atoms with van der Waals surface area (Å²) in [7, 11) is 1.63. The van der Waals surface area contributed by atoms with Gasteiger partial charge in [0.05, 0.1) is 13.7 Å². The van der Waals surface area contributed by atoms with Crippen LogP contribution in [0.5, 0.6) is 11.5 Å². The Morgan fingerprint density at radius 3 is 2.62 bits per heavy atom. The lowest BCUT2D eigenvalue weighted by Crippen LogP contribution is -2.05. The average Bonchev–Trinajstić information content (AvgIpc) is 2.89. The number of ketones is 1. The van der Waals surface area contributed by atoms with Gasteiger partial charge >= 0.3 is 0 Å². The van der Waals surface area contributed by atoms with Crippen LogP contribution in [0.3, 0.4) is 0 Å². The Morgan fingerprint density at radius 2 is 1.92 bits per heavy atom. The summed E-state index contributed by atoms with van der Waals surface area (Å²) in [6.07, 6.45) is 2.63. The summed E-state index contributed by atoms with van der Waals surface area (Å²) in [6, 6.07) is 13.6. The number of carbonyl (C=O) groups excluding carboxylic acids is 1. The summed E-state index contributed by atoms with van der Waals surface area (Å²) < 4.78 is 11.2. The van der Waals surface area contributed by atoms with E-state index >= 15 is 0 Å². The predicted octanol–water partition coefficient (Wildman–Crippen LogP) is 4.55. The number of allylic oxidation sites excluding steroid dienone is 1. The van der Waals surface area contributed by atoms with Crippen LogP contribution in [0.25, 0.3) is 6.08 Å². The van der Waals surface area contributed by atoms with E-state index in [4.69, 9.17) is 9.47 Å². The third-order valence-corrected chi connectivity index (χ3v) is 4.04. The lowest BCUT2D eigenvalue weighted by molar-refractivity contribution is 0.104. The number of ether oxygens (including phenoxy) is 2. The van der Waals surface area contributed by atoms with Crippen molar-refractivity contribution < 1.29 is 14.3 Å². The molecule has 0 saturated heterocycles. The second-order valence-corrected chi connectivity index (χ2v) is 6.45. The molecule has 2 aromatic rings. The van der Waals surface area contributed by atoms with E-state index in [0.717, 1.165) is 28.0 Å². The second-order valence-electron chi connectivity index (χ2n) is 6.45. The van der Waals surface area contributed by atoms with Crippen molar-refractivity contribution in [2.24, 2.45) is 5.92 Å². The molecule has 0 fully saturated rings. The second kappa shape index (κ2) is 6.91. The highest BCUT2D eigenvalue weighted by molar-refractivity contribution is 6.15. The van der Waals surface area contributed by atoms with Gasteiger partial charge in [0.25, 0.3) is 0 Å². The SMILES string of the molecule is COc1cc(C=C2Cc3ccccc3C2=O)ccc1OCC(C)C. The van der Waals surface area contributed by atoms with Gasteiger partial charge in [0, 0.05) is 17.6 Å². The standard InChI is InChI=1S/C21H22O3/c1-14(2)13-24-19-9-8-15(11-20(19)23-3)10-17-12-16-6-4-5-7-18(16)21(17)22/h4-11,14H,12-13H2,1-3H3. The number of methoxy groups -OCH3 is 1. The molecular weight excluding hydrogens is 300 g/mol. The van der Waals surface area contributed by atoms with Gasteiger partial charge in [-0.15, -0.1) is 0 Å². The molecule has 0 bridgehead atoms. The minimum atomic E-state index is 0.115. The predicted molar refractivity (Wildman–Crippen MR) is 95.8 cm³/mol. The zero-order valence-corrected chi connectivity index (χ0v) is 14.3. The Kier molecular flexibility index (Phi) is 4.70. The molecule has 0 unspecified atom stereocenters. The maximum Gasteiger partial charge on any atom is 0.189 e. The number of fused-ring (bicyclic) bond motifs is 1. The molecule has 0 aromatic heterocycles. The van der Waals surface area contributed by atoms with E-state index in [0.29, 0.717) is 24.7 Å². The van der Waals surface area contributed by atoms with Crippen LogP contribution in [0, 0.1) is 5.92 Å². The molecule has 0 aliphatic heterocycles. The van der Waals surface area contributed by atoms with Crippen molar-refractivity contribution in [1.82, 2.24) is 0 Å². The van der Waals surface area contributed by atoms with Crippen LogP contribution in [-0.2, 0) is 6.42 Å². The first-order valence-electron chi connectivity index (χ1n) is 8.22. The molecule has 0 saturated carbocycles. The summed E-state index contributed by atoms with van der Waals surface area (Å²) in [5, 5.41) is 0. The van der Waals surface area contributed by atoms with Gasteiger partial charge in [-0.1, -0.05) is 44.2 Å². The molecule has 1 aliphatic rings. The fourth-order valence-electron chi connectivity index (χ4n) is 2.82. The zero-order valence-electron chi connectivity index (χ0n) is 14.3. The average molecular weight is 322 g/mol. The van der Waals surface area contributed by atoms with E-state index < -0.39 is 0 Å². The lowest BCUT2D eigenvalue weighted by Gasteiger charge is -2.13. The molecular formula is C21H22O3. The zero-order chi connectivity index (χ0) is 17.1. The van der Waals surface area contributed by atoms with Crippen LogP contribution in [0.2, 0.25) is 0 Å². The van der Waals surface area contributed by atoms with Crippen molar-refractivity contribution in [3.8, 4) is 11.5 Å². The summed E-state index contributed by atoms with van der Waals surface area (Å²) >= 11 is 0. The highest BCUT2D eigenvalue weighted by Crippen LogP contribution is 2.32. The molecule has 3 nitrogen and oxygen atoms in total. The summed E-state index contributed by atoms with van der Waals surface area (Å²) in [5.74, 6) is 1.98. The number of hydrogen-bond acceptors (Lipinski definition) is 3. The first kappa shape index (κ1) is 16.3. The van der Waals surface area contributed by atoms with E-state index in [9.17, 15) is 4.79 Å². The Morgan fingerprint density at radius 1 is 1.12 bits per heavy atom. The number of benzene rings is 2. The third kappa shape index (κ3) is 3.35. The quantitative estimate of drug-likeness (QED) is 0.757. The molecule has 3 heteroatoms. The fourth-order valence-corrected chi connectivity index (χ4v) is 2.82. The summed E-state index contributed by atoms with van der Waals surface area (Å²) in [5.41, 5.74) is 3.67. The van der Waals surface area contributed by atoms with Gasteiger partial charge in [0.2, 0.25) is 0 Å². The first-order valence-corrected chi connectivity index (χ1v) is 8.22. The number of rotatable bonds is 5. The van der Waals surface area contributed by atoms with Crippen molar-refractivity contribution >= 4 is 11.9 Å². The van der Waals surface area contributed by atoms with Crippen molar-refractivity contribution in [1.29, 1.82) is 0 Å². The Hall–Kier alpha value is -2.55. The third-order valence-electron chi connectivity index (χ3n) is 4.04. The normalized spacial score (nSPS) is 15.0. The minimum Gasteiger partial charge on any atom is -0.493 e. The van der Waals surface area contributed by atoms with Gasteiger partial charge in [-0.05, 0) is 35.3 Å². The van der Waals surface area contributed by atoms with Crippen LogP contribution < -0.4 is 9.47 Å². The number of carbonyl (C=O) groups is 1. The summed E-state index contributed by atoms with van der Waals surface area (Å²) in [6.45, 7) is 4.86. The van der Waals surface area contributed by atoms with Gasteiger partial charge in [0.1, 0.15) is 0 Å². The molecule has 24 heavy (non-hydrogen) atoms. The van der Waals surface area contributed by atoms with E-state index in [1.807, 2.05) is 48.5 Å². The molecule has 0 amide bonds. The van der Waals surface area contributed by atoms with Crippen LogP contribution in [0.15, 0.2) is 48.0 Å². The molecule has 0 N–H and O–H groups in total. The van der Waals surface area contributed by atoms with Crippen LogP contribution in [-0.4, -0.2) is 19.5 Å². The molecule has 0 atom stereocenters. The Balaban J connectivity index is 1.85. The van der Waals surface area contributed by atoms with Gasteiger partial charge in [-0.25, -0.2) is 0 Å². The molecule has 0 heterocycles. The Labute approximate surface area is 142 Å². The van der Waals surface area contributed by atoms with E-state index in [-0.39, 0.29) is 5.78 Å². The highest BCUT2D eigenvalue weighted by atomic mass is 16.5. The van der Waals surface area contributed by atoms with Crippen molar-refractivity contribution in [2.75, 3.05) is 13.7 Å². The van der Waals surface area contributed by atoms with Crippen molar-refractivity contribution in [2.45, 2.75) is 20.3 Å². The van der Waals surface area contributed by atoms with Gasteiger partial charge < -0.3 is 9.47 Å². The monoisotopic (exact) mass is 322 g/mol. The first-order chi connectivity index (χ1) is 11.6. The highest BCUT2D eigenvalue weighted by Gasteiger charge is 2.24. The van der Waals surface area contributed by atoms with E-state index in [1.54, 1.807) is 7.11 Å². The van der Waals surface area contributed by atoms with Crippen molar-refractivity contribution in [3.63, 3.8) is 0 Å². The largest absolute Gasteiger partial charge is 0.493 e. The molecule has 2 aromatic carbocycles. The lowest BCUT2D eigenvalue weighted by atomic mass is 10.1. The van der Waals surface area contributed by atoms with Gasteiger partial charge in [-0.3, -0.25) is 4.79 Å². The van der Waals surface area contributed by atoms with E-state index in [2.05, 4.69) is 13.8 Å². The topological polar surface area (TPSA) is 35.5 Å². The molecule has 124 valence electrons. The Bertz CT molecular complexity index is 787. The van der Waals surface area contributed by atoms with E-state index in [1.165, 1.54) is 0 Å². The number of hydrogen-bond donors (Lipinski definition) is 0. The van der Waals surface area contributed by atoms with Crippen LogP contribution >= 0.6 is 0 Å². The van der Waals surface area contributed by atoms with Gasteiger partial charge in [-0.2, -0.15) is 0 Å². The summed E-state index contributed by atoms with van der Waals surface area (Å²) in [4.78, 5) is 12.5. The van der Waals surface area contributed by atoms with Crippen LogP contribution in [0.1, 0.15) is 35.3 Å². The number of Topliss-reactive ketones (excluding diaryl/α,β-unsaturated/α-hetero) is 1. The maximum absolute atomic E-state index is 12.5. The smallest absolute Gasteiger partial charge is 0.189 e. The van der Waals surface area contributed by atoms with Crippen LogP contribution in [0.4, 0.5) is 0 Å². The van der Waals surface area contributed by atoms with Gasteiger partial charge in [0.15, 0.2) is 17.3 Å². The maximum atomic E-state index is 12.5. The molecule has 0 radical (unpaired) electrons. The molecule has 3 rings (SSSR count). The molecule has 0 spiro atoms. The molecule has 1 aliphatic carbocycles. The van der Waals surface area contributed by atoms with Crippen molar-refractivity contribution in [3.05, 3.63) is 64.7 Å². The minimum absolute atomic E-state index is 0.115.